The van der Waals surface area contributed by atoms with Crippen molar-refractivity contribution in [2.24, 2.45) is 0 Å². The normalized spacial score (nSPS) is 12.0. The average Bonchev–Trinajstić information content (AvgIpc) is 2.36. The van der Waals surface area contributed by atoms with Crippen LogP contribution in [0.1, 0.15) is 37.0 Å². The first-order chi connectivity index (χ1) is 9.29. The van der Waals surface area contributed by atoms with E-state index in [-0.39, 0.29) is 11.7 Å². The molecular formula is C13H17FN2O4. The minimum absolute atomic E-state index is 0.0196. The van der Waals surface area contributed by atoms with Gasteiger partial charge in [-0.15, -0.1) is 0 Å². The number of carboxylic acid groups (broad SMARTS) is 1. The molecule has 1 atom stereocenters. The third-order valence-corrected chi connectivity index (χ3v) is 3.24. The van der Waals surface area contributed by atoms with Crippen LogP contribution in [0.25, 0.3) is 0 Å². The first-order valence-corrected chi connectivity index (χ1v) is 6.23. The molecule has 6 nitrogen and oxygen atoms in total. The summed E-state index contributed by atoms with van der Waals surface area (Å²) >= 11 is 0. The van der Waals surface area contributed by atoms with Crippen LogP contribution in [0.15, 0.2) is 12.1 Å². The molecule has 20 heavy (non-hydrogen) atoms. The van der Waals surface area contributed by atoms with Crippen LogP contribution >= 0.6 is 0 Å². The quantitative estimate of drug-likeness (QED) is 0.641. The first-order valence-electron chi connectivity index (χ1n) is 6.23. The number of hydrogen-bond donors (Lipinski definition) is 1. The van der Waals surface area contributed by atoms with Crippen LogP contribution in [0.4, 0.5) is 15.8 Å². The number of aromatic carboxylic acids is 1. The SMILES string of the molecule is CCCC(C)N(C)c1cc(F)c(C(=O)O)cc1[N+](=O)[O-]. The second kappa shape index (κ2) is 6.31. The molecule has 0 amide bonds. The van der Waals surface area contributed by atoms with Crippen LogP contribution in [0.2, 0.25) is 0 Å². The number of halogens is 1. The van der Waals surface area contributed by atoms with E-state index in [2.05, 4.69) is 0 Å². The summed E-state index contributed by atoms with van der Waals surface area (Å²) in [6.45, 7) is 3.85. The summed E-state index contributed by atoms with van der Waals surface area (Å²) in [6, 6.07) is 1.66. The highest BCUT2D eigenvalue weighted by Gasteiger charge is 2.25. The summed E-state index contributed by atoms with van der Waals surface area (Å²) in [5.41, 5.74) is -1.02. The Morgan fingerprint density at radius 1 is 1.55 bits per heavy atom. The minimum atomic E-state index is -1.53. The van der Waals surface area contributed by atoms with Crippen molar-refractivity contribution in [3.05, 3.63) is 33.6 Å². The molecule has 1 N–H and O–H groups in total. The maximum atomic E-state index is 13.7. The highest BCUT2D eigenvalue weighted by atomic mass is 19.1. The fourth-order valence-electron chi connectivity index (χ4n) is 1.99. The van der Waals surface area contributed by atoms with Crippen molar-refractivity contribution in [1.29, 1.82) is 0 Å². The van der Waals surface area contributed by atoms with Gasteiger partial charge < -0.3 is 10.0 Å². The number of rotatable bonds is 6. The highest BCUT2D eigenvalue weighted by molar-refractivity contribution is 5.90. The molecule has 1 aromatic rings. The van der Waals surface area contributed by atoms with Gasteiger partial charge in [-0.05, 0) is 13.3 Å². The number of nitro groups is 1. The van der Waals surface area contributed by atoms with Crippen LogP contribution in [0.3, 0.4) is 0 Å². The third-order valence-electron chi connectivity index (χ3n) is 3.24. The fourth-order valence-corrected chi connectivity index (χ4v) is 1.99. The molecule has 0 aliphatic heterocycles. The summed E-state index contributed by atoms with van der Waals surface area (Å²) < 4.78 is 13.7. The topological polar surface area (TPSA) is 83.7 Å². The van der Waals surface area contributed by atoms with Crippen molar-refractivity contribution in [3.63, 3.8) is 0 Å². The average molecular weight is 284 g/mol. The number of hydrogen-bond acceptors (Lipinski definition) is 4. The zero-order chi connectivity index (χ0) is 15.4. The highest BCUT2D eigenvalue weighted by Crippen LogP contribution is 2.32. The van der Waals surface area contributed by atoms with Gasteiger partial charge in [-0.2, -0.15) is 0 Å². The lowest BCUT2D eigenvalue weighted by Gasteiger charge is -2.26. The Morgan fingerprint density at radius 2 is 2.15 bits per heavy atom. The van der Waals surface area contributed by atoms with Gasteiger partial charge in [-0.1, -0.05) is 13.3 Å². The number of nitro benzene ring substituents is 1. The maximum absolute atomic E-state index is 13.7. The van der Waals surface area contributed by atoms with Gasteiger partial charge in [0.25, 0.3) is 5.69 Å². The number of carbonyl (C=O) groups is 1. The van der Waals surface area contributed by atoms with Crippen molar-refractivity contribution in [2.45, 2.75) is 32.7 Å². The summed E-state index contributed by atoms with van der Waals surface area (Å²) in [7, 11) is 1.63. The molecule has 0 heterocycles. The second-order valence-corrected chi connectivity index (χ2v) is 4.63. The monoisotopic (exact) mass is 284 g/mol. The Bertz CT molecular complexity index is 533. The minimum Gasteiger partial charge on any atom is -0.478 e. The molecule has 0 aliphatic rings. The lowest BCUT2D eigenvalue weighted by molar-refractivity contribution is -0.384. The van der Waals surface area contributed by atoms with Crippen molar-refractivity contribution >= 4 is 17.3 Å². The van der Waals surface area contributed by atoms with Crippen LogP contribution in [-0.4, -0.2) is 29.1 Å². The van der Waals surface area contributed by atoms with Crippen LogP contribution < -0.4 is 4.90 Å². The standard InChI is InChI=1S/C13H17FN2O4/c1-4-5-8(2)15(3)11-7-10(14)9(13(17)18)6-12(11)16(19)20/h6-8H,4-5H2,1-3H3,(H,17,18). The van der Waals surface area contributed by atoms with E-state index in [1.807, 2.05) is 13.8 Å². The summed E-state index contributed by atoms with van der Waals surface area (Å²) in [6.07, 6.45) is 1.67. The molecule has 1 unspecified atom stereocenters. The van der Waals surface area contributed by atoms with E-state index in [1.54, 1.807) is 11.9 Å². The van der Waals surface area contributed by atoms with Crippen LogP contribution in [0, 0.1) is 15.9 Å². The van der Waals surface area contributed by atoms with E-state index in [9.17, 15) is 19.3 Å². The van der Waals surface area contributed by atoms with Gasteiger partial charge >= 0.3 is 5.97 Å². The Labute approximate surface area is 116 Å². The maximum Gasteiger partial charge on any atom is 0.338 e. The smallest absolute Gasteiger partial charge is 0.338 e. The molecule has 0 saturated heterocycles. The largest absolute Gasteiger partial charge is 0.478 e. The summed E-state index contributed by atoms with van der Waals surface area (Å²) in [5.74, 6) is -2.50. The van der Waals surface area contributed by atoms with Crippen molar-refractivity contribution in [2.75, 3.05) is 11.9 Å². The van der Waals surface area contributed by atoms with Gasteiger partial charge in [-0.3, -0.25) is 10.1 Å². The molecule has 110 valence electrons. The van der Waals surface area contributed by atoms with E-state index in [0.29, 0.717) is 0 Å². The molecular weight excluding hydrogens is 267 g/mol. The fraction of sp³-hybridized carbons (Fsp3) is 0.462. The molecule has 7 heteroatoms. The van der Waals surface area contributed by atoms with Gasteiger partial charge in [0.05, 0.1) is 4.92 Å². The third kappa shape index (κ3) is 3.23. The van der Waals surface area contributed by atoms with Crippen molar-refractivity contribution in [3.8, 4) is 0 Å². The molecule has 1 rings (SSSR count). The number of anilines is 1. The van der Waals surface area contributed by atoms with Crippen LogP contribution in [0.5, 0.6) is 0 Å². The molecule has 0 spiro atoms. The van der Waals surface area contributed by atoms with E-state index in [1.165, 1.54) is 0 Å². The van der Waals surface area contributed by atoms with Gasteiger partial charge in [0.1, 0.15) is 17.1 Å². The van der Waals surface area contributed by atoms with E-state index >= 15 is 0 Å². The first kappa shape index (κ1) is 15.9. The zero-order valence-electron chi connectivity index (χ0n) is 11.6. The van der Waals surface area contributed by atoms with Crippen molar-refractivity contribution in [1.82, 2.24) is 0 Å². The predicted octanol–water partition coefficient (Wildman–Crippen LogP) is 3.06. The molecule has 1 aromatic carbocycles. The lowest BCUT2D eigenvalue weighted by atomic mass is 10.1. The zero-order valence-corrected chi connectivity index (χ0v) is 11.6. The summed E-state index contributed by atoms with van der Waals surface area (Å²) in [4.78, 5) is 22.8. The molecule has 0 radical (unpaired) electrons. The van der Waals surface area contributed by atoms with Gasteiger partial charge in [0, 0.05) is 25.2 Å². The molecule has 0 saturated carbocycles. The Hall–Kier alpha value is -2.18. The molecule has 0 aliphatic carbocycles. The second-order valence-electron chi connectivity index (χ2n) is 4.63. The Morgan fingerprint density at radius 3 is 2.60 bits per heavy atom. The van der Waals surface area contributed by atoms with E-state index in [0.717, 1.165) is 25.0 Å². The predicted molar refractivity (Wildman–Crippen MR) is 72.8 cm³/mol. The Kier molecular flexibility index (Phi) is 5.01. The molecule has 0 aromatic heterocycles. The van der Waals surface area contributed by atoms with Crippen molar-refractivity contribution < 1.29 is 19.2 Å². The van der Waals surface area contributed by atoms with Gasteiger partial charge in [0.2, 0.25) is 0 Å². The molecule has 0 fully saturated rings. The van der Waals surface area contributed by atoms with Gasteiger partial charge in [0.15, 0.2) is 0 Å². The lowest BCUT2D eigenvalue weighted by Crippen LogP contribution is -2.29. The number of carboxylic acids is 1. The van der Waals surface area contributed by atoms with E-state index < -0.39 is 28.0 Å². The van der Waals surface area contributed by atoms with Crippen LogP contribution in [-0.2, 0) is 0 Å². The Balaban J connectivity index is 3.35. The molecule has 0 bridgehead atoms. The van der Waals surface area contributed by atoms with Gasteiger partial charge in [-0.25, -0.2) is 9.18 Å². The van der Waals surface area contributed by atoms with E-state index in [4.69, 9.17) is 5.11 Å². The number of benzene rings is 1. The summed E-state index contributed by atoms with van der Waals surface area (Å²) in [5, 5.41) is 19.9. The number of nitrogens with zero attached hydrogens (tertiary/aromatic N) is 2.